The van der Waals surface area contributed by atoms with Gasteiger partial charge in [0.1, 0.15) is 0 Å². The van der Waals surface area contributed by atoms with Crippen LogP contribution in [0.2, 0.25) is 0 Å². The van der Waals surface area contributed by atoms with Crippen molar-refractivity contribution in [3.63, 3.8) is 0 Å². The van der Waals surface area contributed by atoms with E-state index in [4.69, 9.17) is 0 Å². The molecule has 0 atom stereocenters. The molecule has 0 unspecified atom stereocenters. The van der Waals surface area contributed by atoms with Gasteiger partial charge in [0, 0.05) is 25.3 Å². The van der Waals surface area contributed by atoms with Crippen molar-refractivity contribution in [3.8, 4) is 0 Å². The Bertz CT molecular complexity index is 849. The van der Waals surface area contributed by atoms with E-state index in [1.165, 1.54) is 0 Å². The summed E-state index contributed by atoms with van der Waals surface area (Å²) in [6.07, 6.45) is 7.32. The Morgan fingerprint density at radius 3 is 2.78 bits per heavy atom. The predicted octanol–water partition coefficient (Wildman–Crippen LogP) is 1.30. The topological polar surface area (TPSA) is 78.7 Å². The molecular formula is C20H27N5O2. The van der Waals surface area contributed by atoms with Gasteiger partial charge in [-0.25, -0.2) is 4.52 Å². The van der Waals surface area contributed by atoms with Crippen LogP contribution in [-0.2, 0) is 4.79 Å². The van der Waals surface area contributed by atoms with Crippen LogP contribution in [0.5, 0.6) is 0 Å². The highest BCUT2D eigenvalue weighted by atomic mass is 16.2. The predicted molar refractivity (Wildman–Crippen MR) is 102 cm³/mol. The average Bonchev–Trinajstić information content (AvgIpc) is 3.21. The van der Waals surface area contributed by atoms with Gasteiger partial charge in [-0.15, -0.1) is 0 Å². The first-order valence-electron chi connectivity index (χ1n) is 9.63. The Labute approximate surface area is 159 Å². The lowest BCUT2D eigenvalue weighted by Crippen LogP contribution is -2.49. The minimum Gasteiger partial charge on any atom is -0.355 e. The molecule has 0 aliphatic heterocycles. The van der Waals surface area contributed by atoms with Crippen LogP contribution in [0.15, 0.2) is 30.6 Å². The van der Waals surface area contributed by atoms with Crippen LogP contribution in [-0.4, -0.2) is 59.6 Å². The molecule has 2 saturated carbocycles. The first-order valence-corrected chi connectivity index (χ1v) is 9.63. The third-order valence-electron chi connectivity index (χ3n) is 5.76. The Balaban J connectivity index is 1.23. The van der Waals surface area contributed by atoms with E-state index in [-0.39, 0.29) is 23.3 Å². The molecule has 2 heterocycles. The summed E-state index contributed by atoms with van der Waals surface area (Å²) in [5.74, 6) is 0.577. The van der Waals surface area contributed by atoms with E-state index in [1.54, 1.807) is 10.7 Å². The molecule has 4 rings (SSSR count). The van der Waals surface area contributed by atoms with Crippen molar-refractivity contribution < 1.29 is 9.59 Å². The Morgan fingerprint density at radius 2 is 2.07 bits per heavy atom. The van der Waals surface area contributed by atoms with Gasteiger partial charge in [0.15, 0.2) is 0 Å². The van der Waals surface area contributed by atoms with Crippen LogP contribution in [0.1, 0.15) is 36.0 Å². The van der Waals surface area contributed by atoms with Gasteiger partial charge in [-0.1, -0.05) is 0 Å². The maximum atomic E-state index is 12.5. The lowest BCUT2D eigenvalue weighted by Gasteiger charge is -2.36. The SMILES string of the molecule is CN(C)CC1(C(=O)NCC2CC(NC(=O)c3cccn4nccc34)C2)CC1. The van der Waals surface area contributed by atoms with Crippen molar-refractivity contribution in [2.75, 3.05) is 27.2 Å². The number of hydrogen-bond acceptors (Lipinski definition) is 4. The number of nitrogens with one attached hydrogen (secondary N) is 2. The second-order valence-corrected chi connectivity index (χ2v) is 8.32. The van der Waals surface area contributed by atoms with Crippen molar-refractivity contribution in [2.45, 2.75) is 31.7 Å². The number of aromatic nitrogens is 2. The highest BCUT2D eigenvalue weighted by Gasteiger charge is 2.50. The summed E-state index contributed by atoms with van der Waals surface area (Å²) >= 11 is 0. The maximum Gasteiger partial charge on any atom is 0.253 e. The van der Waals surface area contributed by atoms with Crippen LogP contribution in [0.4, 0.5) is 0 Å². The molecular weight excluding hydrogens is 342 g/mol. The van der Waals surface area contributed by atoms with E-state index < -0.39 is 0 Å². The monoisotopic (exact) mass is 369 g/mol. The number of carbonyl (C=O) groups is 2. The third-order valence-corrected chi connectivity index (χ3v) is 5.76. The molecule has 2 N–H and O–H groups in total. The van der Waals surface area contributed by atoms with Crippen molar-refractivity contribution in [2.24, 2.45) is 11.3 Å². The van der Waals surface area contributed by atoms with E-state index in [0.717, 1.165) is 37.7 Å². The van der Waals surface area contributed by atoms with Crippen molar-refractivity contribution >= 4 is 17.3 Å². The molecule has 7 nitrogen and oxygen atoms in total. The fourth-order valence-corrected chi connectivity index (χ4v) is 4.07. The fourth-order valence-electron chi connectivity index (χ4n) is 4.07. The molecule has 2 aliphatic rings. The minimum absolute atomic E-state index is 0.0588. The summed E-state index contributed by atoms with van der Waals surface area (Å²) in [7, 11) is 4.02. The van der Waals surface area contributed by atoms with E-state index in [9.17, 15) is 9.59 Å². The highest BCUT2D eigenvalue weighted by molar-refractivity contribution is 6.00. The van der Waals surface area contributed by atoms with Crippen LogP contribution < -0.4 is 10.6 Å². The number of amides is 2. The number of pyridine rings is 1. The molecule has 7 heteroatoms. The van der Waals surface area contributed by atoms with E-state index >= 15 is 0 Å². The smallest absolute Gasteiger partial charge is 0.253 e. The average molecular weight is 369 g/mol. The van der Waals surface area contributed by atoms with Gasteiger partial charge < -0.3 is 15.5 Å². The van der Waals surface area contributed by atoms with Crippen LogP contribution >= 0.6 is 0 Å². The Hall–Kier alpha value is -2.41. The molecule has 2 fully saturated rings. The van der Waals surface area contributed by atoms with Gasteiger partial charge in [-0.2, -0.15) is 5.10 Å². The molecule has 2 aliphatic carbocycles. The van der Waals surface area contributed by atoms with Gasteiger partial charge in [-0.05, 0) is 63.9 Å². The number of nitrogens with zero attached hydrogens (tertiary/aromatic N) is 3. The summed E-state index contributed by atoms with van der Waals surface area (Å²) in [5, 5.41) is 10.4. The van der Waals surface area contributed by atoms with Gasteiger partial charge >= 0.3 is 0 Å². The summed E-state index contributed by atoms with van der Waals surface area (Å²) < 4.78 is 1.70. The first-order chi connectivity index (χ1) is 13.0. The fraction of sp³-hybridized carbons (Fsp3) is 0.550. The molecule has 2 aromatic heterocycles. The summed E-state index contributed by atoms with van der Waals surface area (Å²) in [5.41, 5.74) is 1.30. The summed E-state index contributed by atoms with van der Waals surface area (Å²) in [4.78, 5) is 27.1. The number of carbonyl (C=O) groups excluding carboxylic acids is 2. The maximum absolute atomic E-state index is 12.5. The molecule has 2 aromatic rings. The molecule has 0 radical (unpaired) electrons. The second-order valence-electron chi connectivity index (χ2n) is 8.32. The van der Waals surface area contributed by atoms with Crippen molar-refractivity contribution in [3.05, 3.63) is 36.2 Å². The molecule has 0 saturated heterocycles. The standard InChI is InChI=1S/C20H27N5O2/c1-24(2)13-20(6-7-20)19(27)21-12-14-10-15(11-14)23-18(26)16-4-3-9-25-17(16)5-8-22-25/h3-5,8-9,14-15H,6-7,10-13H2,1-2H3,(H,21,27)(H,23,26). The largest absolute Gasteiger partial charge is 0.355 e. The number of rotatable bonds is 7. The van der Waals surface area contributed by atoms with Crippen LogP contribution in [0.25, 0.3) is 5.52 Å². The van der Waals surface area contributed by atoms with E-state index in [1.807, 2.05) is 38.5 Å². The van der Waals surface area contributed by atoms with E-state index in [2.05, 4.69) is 20.6 Å². The van der Waals surface area contributed by atoms with Gasteiger partial charge in [0.2, 0.25) is 5.91 Å². The quantitative estimate of drug-likeness (QED) is 0.771. The first kappa shape index (κ1) is 18.0. The molecule has 27 heavy (non-hydrogen) atoms. The lowest BCUT2D eigenvalue weighted by atomic mass is 9.80. The third kappa shape index (κ3) is 3.69. The zero-order valence-electron chi connectivity index (χ0n) is 15.9. The minimum atomic E-state index is -0.162. The van der Waals surface area contributed by atoms with Crippen LogP contribution in [0.3, 0.4) is 0 Å². The molecule has 144 valence electrons. The lowest BCUT2D eigenvalue weighted by molar-refractivity contribution is -0.127. The highest BCUT2D eigenvalue weighted by Crippen LogP contribution is 2.46. The zero-order valence-corrected chi connectivity index (χ0v) is 15.9. The summed E-state index contributed by atoms with van der Waals surface area (Å²) in [6, 6.07) is 5.67. The van der Waals surface area contributed by atoms with Gasteiger partial charge in [0.05, 0.1) is 22.7 Å². The van der Waals surface area contributed by atoms with Gasteiger partial charge in [-0.3, -0.25) is 9.59 Å². The molecule has 0 aromatic carbocycles. The van der Waals surface area contributed by atoms with E-state index in [0.29, 0.717) is 18.0 Å². The Kier molecular flexibility index (Phi) is 4.63. The zero-order chi connectivity index (χ0) is 19.0. The Morgan fingerprint density at radius 1 is 1.30 bits per heavy atom. The molecule has 0 bridgehead atoms. The van der Waals surface area contributed by atoms with Crippen molar-refractivity contribution in [1.82, 2.24) is 25.1 Å². The molecule has 2 amide bonds. The summed E-state index contributed by atoms with van der Waals surface area (Å²) in [6.45, 7) is 1.53. The molecule has 0 spiro atoms. The number of fused-ring (bicyclic) bond motifs is 1. The number of hydrogen-bond donors (Lipinski definition) is 2. The second kappa shape index (κ2) is 6.96. The van der Waals surface area contributed by atoms with Crippen molar-refractivity contribution in [1.29, 1.82) is 0 Å². The van der Waals surface area contributed by atoms with Gasteiger partial charge in [0.25, 0.3) is 5.91 Å². The van der Waals surface area contributed by atoms with Crippen LogP contribution in [0, 0.1) is 11.3 Å². The normalized spacial score (nSPS) is 23.1.